The number of nitrogens with zero attached hydrogens (tertiary/aromatic N) is 3. The van der Waals surface area contributed by atoms with Gasteiger partial charge < -0.3 is 15.3 Å². The van der Waals surface area contributed by atoms with Crippen LogP contribution in [0.5, 0.6) is 0 Å². The van der Waals surface area contributed by atoms with Crippen molar-refractivity contribution in [3.8, 4) is 0 Å². The summed E-state index contributed by atoms with van der Waals surface area (Å²) in [6, 6.07) is -0.823. The molecule has 4 aliphatic rings. The van der Waals surface area contributed by atoms with Gasteiger partial charge in [0, 0.05) is 16.7 Å². The lowest BCUT2D eigenvalue weighted by Gasteiger charge is -2.63. The number of aliphatic carboxylic acids is 1. The molecular weight excluding hydrogens is 410 g/mol. The fourth-order valence-electron chi connectivity index (χ4n) is 8.70. The van der Waals surface area contributed by atoms with E-state index in [0.717, 1.165) is 19.3 Å². The summed E-state index contributed by atoms with van der Waals surface area (Å²) in [5, 5.41) is 34.9. The summed E-state index contributed by atoms with van der Waals surface area (Å²) in [7, 11) is 0. The van der Waals surface area contributed by atoms with Crippen LogP contribution in [0.4, 0.5) is 0 Å². The van der Waals surface area contributed by atoms with Crippen molar-refractivity contribution >= 4 is 11.8 Å². The molecule has 0 radical (unpaired) electrons. The highest BCUT2D eigenvalue weighted by atomic mass is 16.4. The number of carbonyl (C=O) groups is 2. The van der Waals surface area contributed by atoms with Crippen molar-refractivity contribution in [3.63, 3.8) is 0 Å². The predicted molar refractivity (Wildman–Crippen MR) is 117 cm³/mol. The van der Waals surface area contributed by atoms with E-state index in [0.29, 0.717) is 25.7 Å². The second-order valence-electron chi connectivity index (χ2n) is 11.5. The summed E-state index contributed by atoms with van der Waals surface area (Å²) in [5.74, 6) is -1.03. The fraction of sp³-hybridized carbons (Fsp3) is 0.917. The third-order valence-corrected chi connectivity index (χ3v) is 10.3. The SMILES string of the molecule is C[C@H](CCC(=O)O)[C@H]1CC[C@H]2[C@@H]3[C@H](O)C[C@@H]4C[C@H](O)CC[C@]4(C)[C@H]3C(N=[N+]=[N-])C(=O)[C@]12C. The Morgan fingerprint density at radius 1 is 1.25 bits per heavy atom. The molecular formula is C24H37N3O5. The molecule has 8 heteroatoms. The maximum absolute atomic E-state index is 14.1. The van der Waals surface area contributed by atoms with Crippen molar-refractivity contribution in [2.75, 3.05) is 0 Å². The highest BCUT2D eigenvalue weighted by Crippen LogP contribution is 2.67. The normalized spacial score (nSPS) is 48.7. The van der Waals surface area contributed by atoms with Gasteiger partial charge in [0.1, 0.15) is 11.8 Å². The van der Waals surface area contributed by atoms with E-state index in [1.165, 1.54) is 0 Å². The third-order valence-electron chi connectivity index (χ3n) is 10.3. The second kappa shape index (κ2) is 8.30. The molecule has 3 N–H and O–H groups in total. The largest absolute Gasteiger partial charge is 0.481 e. The van der Waals surface area contributed by atoms with Crippen molar-refractivity contribution < 1.29 is 24.9 Å². The Morgan fingerprint density at radius 3 is 2.62 bits per heavy atom. The monoisotopic (exact) mass is 447 g/mol. The van der Waals surface area contributed by atoms with E-state index in [2.05, 4.69) is 16.9 Å². The van der Waals surface area contributed by atoms with Gasteiger partial charge in [-0.05, 0) is 91.4 Å². The zero-order valence-electron chi connectivity index (χ0n) is 19.4. The molecule has 0 amide bonds. The molecule has 0 aromatic heterocycles. The Kier molecular flexibility index (Phi) is 6.10. The minimum absolute atomic E-state index is 0.00189. The summed E-state index contributed by atoms with van der Waals surface area (Å²) in [5.41, 5.74) is 8.41. The van der Waals surface area contributed by atoms with E-state index in [1.54, 1.807) is 0 Å². The zero-order chi connectivity index (χ0) is 23.4. The Labute approximate surface area is 189 Å². The molecule has 0 aliphatic heterocycles. The molecule has 0 spiro atoms. The average molecular weight is 448 g/mol. The molecule has 8 nitrogen and oxygen atoms in total. The summed E-state index contributed by atoms with van der Waals surface area (Å²) < 4.78 is 0. The van der Waals surface area contributed by atoms with E-state index in [4.69, 9.17) is 5.11 Å². The first-order valence-corrected chi connectivity index (χ1v) is 12.2. The van der Waals surface area contributed by atoms with Crippen molar-refractivity contribution in [1.29, 1.82) is 0 Å². The number of hydrogen-bond acceptors (Lipinski definition) is 5. The van der Waals surface area contributed by atoms with Gasteiger partial charge in [-0.2, -0.15) is 0 Å². The first-order chi connectivity index (χ1) is 15.1. The number of carboxylic acid groups (broad SMARTS) is 1. The van der Waals surface area contributed by atoms with Gasteiger partial charge in [-0.25, -0.2) is 0 Å². The van der Waals surface area contributed by atoms with Crippen LogP contribution in [0.3, 0.4) is 0 Å². The van der Waals surface area contributed by atoms with Gasteiger partial charge in [0.05, 0.1) is 12.2 Å². The molecule has 4 aliphatic carbocycles. The summed E-state index contributed by atoms with van der Waals surface area (Å²) >= 11 is 0. The molecule has 4 saturated carbocycles. The Balaban J connectivity index is 1.74. The third kappa shape index (κ3) is 3.37. The van der Waals surface area contributed by atoms with Crippen LogP contribution in [-0.2, 0) is 9.59 Å². The number of carbonyl (C=O) groups excluding carboxylic acids is 1. The Bertz CT molecular complexity index is 828. The molecule has 32 heavy (non-hydrogen) atoms. The van der Waals surface area contributed by atoms with Crippen LogP contribution in [0, 0.1) is 46.3 Å². The van der Waals surface area contributed by atoms with Gasteiger partial charge >= 0.3 is 5.97 Å². The quantitative estimate of drug-likeness (QED) is 0.332. The first kappa shape index (κ1) is 23.5. The van der Waals surface area contributed by atoms with Gasteiger partial charge in [-0.15, -0.1) is 0 Å². The maximum atomic E-state index is 14.1. The smallest absolute Gasteiger partial charge is 0.303 e. The van der Waals surface area contributed by atoms with Crippen LogP contribution in [0.25, 0.3) is 10.4 Å². The average Bonchev–Trinajstić information content (AvgIpc) is 3.08. The van der Waals surface area contributed by atoms with Crippen molar-refractivity contribution in [2.45, 2.75) is 90.4 Å². The molecule has 0 saturated heterocycles. The van der Waals surface area contributed by atoms with Gasteiger partial charge in [-0.1, -0.05) is 25.9 Å². The zero-order valence-corrected chi connectivity index (χ0v) is 19.4. The van der Waals surface area contributed by atoms with E-state index < -0.39 is 23.5 Å². The molecule has 178 valence electrons. The topological polar surface area (TPSA) is 144 Å². The molecule has 1 unspecified atom stereocenters. The van der Waals surface area contributed by atoms with E-state index in [-0.39, 0.29) is 59.2 Å². The number of aliphatic hydroxyl groups is 2. The highest BCUT2D eigenvalue weighted by molar-refractivity contribution is 5.92. The Hall–Kier alpha value is -1.63. The van der Waals surface area contributed by atoms with Crippen molar-refractivity contribution in [2.24, 2.45) is 51.5 Å². The Morgan fingerprint density at radius 2 is 1.97 bits per heavy atom. The van der Waals surface area contributed by atoms with Crippen LogP contribution >= 0.6 is 0 Å². The van der Waals surface area contributed by atoms with Gasteiger partial charge in [-0.3, -0.25) is 9.59 Å². The molecule has 4 rings (SSSR count). The number of aliphatic hydroxyl groups excluding tert-OH is 2. The fourth-order valence-corrected chi connectivity index (χ4v) is 8.70. The molecule has 11 atom stereocenters. The predicted octanol–water partition coefficient (Wildman–Crippen LogP) is 3.95. The van der Waals surface area contributed by atoms with Crippen molar-refractivity contribution in [1.82, 2.24) is 0 Å². The highest BCUT2D eigenvalue weighted by Gasteiger charge is 2.68. The van der Waals surface area contributed by atoms with E-state index in [1.807, 2.05) is 13.8 Å². The molecule has 0 aromatic carbocycles. The lowest BCUT2D eigenvalue weighted by atomic mass is 9.42. The summed E-state index contributed by atoms with van der Waals surface area (Å²) in [4.78, 5) is 28.3. The number of azide groups is 1. The van der Waals surface area contributed by atoms with Crippen LogP contribution < -0.4 is 0 Å². The number of Topliss-reactive ketones (excluding diaryl/α,β-unsaturated/α-hetero) is 1. The summed E-state index contributed by atoms with van der Waals surface area (Å²) in [6.07, 6.45) is 3.91. The van der Waals surface area contributed by atoms with Crippen LogP contribution in [0.2, 0.25) is 0 Å². The number of carboxylic acids is 1. The van der Waals surface area contributed by atoms with Crippen LogP contribution in [0.15, 0.2) is 5.11 Å². The van der Waals surface area contributed by atoms with Crippen molar-refractivity contribution in [3.05, 3.63) is 10.4 Å². The molecule has 4 fully saturated rings. The van der Waals surface area contributed by atoms with Crippen LogP contribution in [-0.4, -0.2) is 45.3 Å². The molecule has 0 bridgehead atoms. The molecule has 0 heterocycles. The minimum Gasteiger partial charge on any atom is -0.481 e. The van der Waals surface area contributed by atoms with E-state index >= 15 is 0 Å². The first-order valence-electron chi connectivity index (χ1n) is 12.2. The maximum Gasteiger partial charge on any atom is 0.303 e. The second-order valence-corrected chi connectivity index (χ2v) is 11.5. The number of fused-ring (bicyclic) bond motifs is 5. The summed E-state index contributed by atoms with van der Waals surface area (Å²) in [6.45, 7) is 6.18. The van der Waals surface area contributed by atoms with Gasteiger partial charge in [0.15, 0.2) is 0 Å². The standard InChI is InChI=1S/C24H37N3O5/c1-12(4-7-18(30)31)15-5-6-16-19-17(29)11-13-10-14(28)8-9-23(13,2)20(19)21(26-27-25)22(32)24(15,16)3/h12-17,19-21,28-29H,4-11H2,1-3H3,(H,30,31)/t12-,13+,14-,15-,16+,17-,19-,20-,21?,23+,24-/m1/s1. The minimum atomic E-state index is -0.834. The van der Waals surface area contributed by atoms with Gasteiger partial charge in [0.2, 0.25) is 0 Å². The number of hydrogen-bond donors (Lipinski definition) is 3. The van der Waals surface area contributed by atoms with Crippen LogP contribution in [0.1, 0.15) is 72.1 Å². The number of ketones is 1. The number of rotatable bonds is 5. The lowest BCUT2D eigenvalue weighted by Crippen LogP contribution is -2.66. The van der Waals surface area contributed by atoms with E-state index in [9.17, 15) is 25.3 Å². The van der Waals surface area contributed by atoms with Gasteiger partial charge in [0.25, 0.3) is 0 Å². The molecule has 0 aromatic rings. The lowest BCUT2D eigenvalue weighted by molar-refractivity contribution is -0.186.